The zero-order valence-electron chi connectivity index (χ0n) is 16.7. The molecule has 3 rings (SSSR count). The van der Waals surface area contributed by atoms with E-state index in [4.69, 9.17) is 16.3 Å². The summed E-state index contributed by atoms with van der Waals surface area (Å²) in [6.45, 7) is 3.70. The molecule has 30 heavy (non-hydrogen) atoms. The number of nitrogens with one attached hydrogen (secondary N) is 1. The van der Waals surface area contributed by atoms with Gasteiger partial charge in [-0.2, -0.15) is 0 Å². The molecule has 6 nitrogen and oxygen atoms in total. The standard InChI is InChI=1S/C22H22BrClN2O4/c1-3-14-4-6-16(7-5-14)26-11-15(9-21(26)28)22(29)30-12-20(27)25-19-10-18(24)17(23)8-13(19)2/h4-8,10,15H,3,9,11-12H2,1-2H3,(H,25,27)/t15-/m0/s1. The Bertz CT molecular complexity index is 978. The van der Waals surface area contributed by atoms with Crippen molar-refractivity contribution in [2.75, 3.05) is 23.4 Å². The van der Waals surface area contributed by atoms with Gasteiger partial charge < -0.3 is 15.0 Å². The topological polar surface area (TPSA) is 75.7 Å². The van der Waals surface area contributed by atoms with Gasteiger partial charge in [-0.15, -0.1) is 0 Å². The van der Waals surface area contributed by atoms with Gasteiger partial charge in [-0.25, -0.2) is 0 Å². The van der Waals surface area contributed by atoms with Gasteiger partial charge in [-0.3, -0.25) is 14.4 Å². The summed E-state index contributed by atoms with van der Waals surface area (Å²) < 4.78 is 5.88. The van der Waals surface area contributed by atoms with E-state index < -0.39 is 24.4 Å². The number of hydrogen-bond acceptors (Lipinski definition) is 4. The number of benzene rings is 2. The Morgan fingerprint density at radius 1 is 1.27 bits per heavy atom. The van der Waals surface area contributed by atoms with Crippen LogP contribution in [0.1, 0.15) is 24.5 Å². The first-order valence-electron chi connectivity index (χ1n) is 9.60. The molecule has 158 valence electrons. The predicted molar refractivity (Wildman–Crippen MR) is 120 cm³/mol. The molecule has 0 bridgehead atoms. The molecule has 0 unspecified atom stereocenters. The van der Waals surface area contributed by atoms with Gasteiger partial charge >= 0.3 is 5.97 Å². The summed E-state index contributed by atoms with van der Waals surface area (Å²) in [7, 11) is 0. The van der Waals surface area contributed by atoms with Crippen molar-refractivity contribution >= 4 is 56.7 Å². The molecule has 0 radical (unpaired) electrons. The summed E-state index contributed by atoms with van der Waals surface area (Å²) >= 11 is 9.38. The fourth-order valence-corrected chi connectivity index (χ4v) is 3.87. The predicted octanol–water partition coefficient (Wildman–Crippen LogP) is 4.51. The highest BCUT2D eigenvalue weighted by Gasteiger charge is 2.36. The highest BCUT2D eigenvalue weighted by atomic mass is 79.9. The van der Waals surface area contributed by atoms with Crippen LogP contribution in [0.4, 0.5) is 11.4 Å². The molecule has 1 heterocycles. The molecule has 1 N–H and O–H groups in total. The van der Waals surface area contributed by atoms with Crippen molar-refractivity contribution in [3.63, 3.8) is 0 Å². The third kappa shape index (κ3) is 5.21. The third-order valence-electron chi connectivity index (χ3n) is 5.00. The number of ether oxygens (including phenoxy) is 1. The maximum absolute atomic E-state index is 12.4. The van der Waals surface area contributed by atoms with E-state index in [0.717, 1.165) is 22.1 Å². The lowest BCUT2D eigenvalue weighted by molar-refractivity contribution is -0.151. The third-order valence-corrected chi connectivity index (χ3v) is 6.20. The van der Waals surface area contributed by atoms with Gasteiger partial charge in [0, 0.05) is 28.8 Å². The average Bonchev–Trinajstić information content (AvgIpc) is 3.12. The van der Waals surface area contributed by atoms with Crippen LogP contribution in [0.5, 0.6) is 0 Å². The Morgan fingerprint density at radius 2 is 1.97 bits per heavy atom. The fraction of sp³-hybridized carbons (Fsp3) is 0.318. The Balaban J connectivity index is 1.54. The number of amides is 2. The second-order valence-corrected chi connectivity index (χ2v) is 8.42. The van der Waals surface area contributed by atoms with Crippen molar-refractivity contribution in [1.82, 2.24) is 0 Å². The SMILES string of the molecule is CCc1ccc(N2C[C@@H](C(=O)OCC(=O)Nc3cc(Cl)c(Br)cc3C)CC2=O)cc1. The summed E-state index contributed by atoms with van der Waals surface area (Å²) in [6.07, 6.45) is 0.981. The molecule has 1 aliphatic rings. The van der Waals surface area contributed by atoms with Crippen LogP contribution in [0.25, 0.3) is 0 Å². The first-order chi connectivity index (χ1) is 14.3. The second kappa shape index (κ2) is 9.62. The normalized spacial score (nSPS) is 15.9. The number of carbonyl (C=O) groups is 3. The van der Waals surface area contributed by atoms with Crippen LogP contribution >= 0.6 is 27.5 Å². The van der Waals surface area contributed by atoms with E-state index >= 15 is 0 Å². The molecule has 2 aromatic rings. The first-order valence-corrected chi connectivity index (χ1v) is 10.8. The highest BCUT2D eigenvalue weighted by molar-refractivity contribution is 9.10. The second-order valence-electron chi connectivity index (χ2n) is 7.16. The number of halogens is 2. The van der Waals surface area contributed by atoms with Gasteiger partial charge in [-0.1, -0.05) is 30.7 Å². The maximum Gasteiger partial charge on any atom is 0.311 e. The Kier molecular flexibility index (Phi) is 7.15. The number of aryl methyl sites for hydroxylation is 2. The molecule has 1 atom stereocenters. The van der Waals surface area contributed by atoms with Gasteiger partial charge in [0.2, 0.25) is 5.91 Å². The molecule has 2 aromatic carbocycles. The highest BCUT2D eigenvalue weighted by Crippen LogP contribution is 2.29. The van der Waals surface area contributed by atoms with Gasteiger partial charge in [-0.05, 0) is 64.7 Å². The van der Waals surface area contributed by atoms with Crippen molar-refractivity contribution in [1.29, 1.82) is 0 Å². The minimum Gasteiger partial charge on any atom is -0.455 e. The summed E-state index contributed by atoms with van der Waals surface area (Å²) in [5.41, 5.74) is 3.29. The van der Waals surface area contributed by atoms with E-state index in [1.54, 1.807) is 17.0 Å². The van der Waals surface area contributed by atoms with Crippen LogP contribution in [0.2, 0.25) is 5.02 Å². The van der Waals surface area contributed by atoms with Crippen LogP contribution in [-0.4, -0.2) is 30.9 Å². The van der Waals surface area contributed by atoms with Crippen molar-refractivity contribution in [2.24, 2.45) is 5.92 Å². The molecule has 1 saturated heterocycles. The molecular weight excluding hydrogens is 472 g/mol. The lowest BCUT2D eigenvalue weighted by atomic mass is 10.1. The summed E-state index contributed by atoms with van der Waals surface area (Å²) in [5, 5.41) is 3.14. The minimum atomic E-state index is -0.597. The monoisotopic (exact) mass is 492 g/mol. The van der Waals surface area contributed by atoms with Gasteiger partial charge in [0.15, 0.2) is 6.61 Å². The van der Waals surface area contributed by atoms with E-state index in [-0.39, 0.29) is 18.9 Å². The Morgan fingerprint density at radius 3 is 2.63 bits per heavy atom. The van der Waals surface area contributed by atoms with Crippen molar-refractivity contribution < 1.29 is 19.1 Å². The average molecular weight is 494 g/mol. The Labute approximate surface area is 188 Å². The number of esters is 1. The number of hydrogen-bond donors (Lipinski definition) is 1. The first kappa shape index (κ1) is 22.3. The molecule has 8 heteroatoms. The Hall–Kier alpha value is -2.38. The fourth-order valence-electron chi connectivity index (χ4n) is 3.25. The number of nitrogens with zero attached hydrogens (tertiary/aromatic N) is 1. The van der Waals surface area contributed by atoms with E-state index in [9.17, 15) is 14.4 Å². The molecule has 0 aromatic heterocycles. The number of carbonyl (C=O) groups excluding carboxylic acids is 3. The van der Waals surface area contributed by atoms with Crippen molar-refractivity contribution in [2.45, 2.75) is 26.7 Å². The minimum absolute atomic E-state index is 0.0669. The number of anilines is 2. The van der Waals surface area contributed by atoms with Crippen LogP contribution in [0.15, 0.2) is 40.9 Å². The number of rotatable bonds is 6. The van der Waals surface area contributed by atoms with E-state index in [2.05, 4.69) is 28.2 Å². The van der Waals surface area contributed by atoms with E-state index in [1.165, 1.54) is 5.56 Å². The van der Waals surface area contributed by atoms with Crippen molar-refractivity contribution in [3.05, 3.63) is 57.0 Å². The van der Waals surface area contributed by atoms with Crippen molar-refractivity contribution in [3.8, 4) is 0 Å². The smallest absolute Gasteiger partial charge is 0.311 e. The van der Waals surface area contributed by atoms with E-state index in [0.29, 0.717) is 10.7 Å². The summed E-state index contributed by atoms with van der Waals surface area (Å²) in [5.74, 6) is -1.76. The molecule has 0 saturated carbocycles. The molecule has 1 fully saturated rings. The summed E-state index contributed by atoms with van der Waals surface area (Å²) in [4.78, 5) is 38.5. The molecule has 0 spiro atoms. The maximum atomic E-state index is 12.4. The van der Waals surface area contributed by atoms with Crippen LogP contribution < -0.4 is 10.2 Å². The quantitative estimate of drug-likeness (QED) is 0.601. The lowest BCUT2D eigenvalue weighted by Crippen LogP contribution is -2.28. The molecule has 2 amide bonds. The van der Waals surface area contributed by atoms with Gasteiger partial charge in [0.05, 0.1) is 10.9 Å². The largest absolute Gasteiger partial charge is 0.455 e. The lowest BCUT2D eigenvalue weighted by Gasteiger charge is -2.17. The van der Waals surface area contributed by atoms with Crippen LogP contribution in [0.3, 0.4) is 0 Å². The molecule has 1 aliphatic heterocycles. The van der Waals surface area contributed by atoms with Crippen LogP contribution in [0, 0.1) is 12.8 Å². The zero-order valence-corrected chi connectivity index (χ0v) is 19.0. The van der Waals surface area contributed by atoms with Gasteiger partial charge in [0.25, 0.3) is 5.91 Å². The zero-order chi connectivity index (χ0) is 21.8. The van der Waals surface area contributed by atoms with Gasteiger partial charge in [0.1, 0.15) is 0 Å². The van der Waals surface area contributed by atoms with Crippen LogP contribution in [-0.2, 0) is 25.5 Å². The molecular formula is C22H22BrClN2O4. The van der Waals surface area contributed by atoms with E-state index in [1.807, 2.05) is 31.2 Å². The summed E-state index contributed by atoms with van der Waals surface area (Å²) in [6, 6.07) is 11.1. The molecule has 0 aliphatic carbocycles.